The summed E-state index contributed by atoms with van der Waals surface area (Å²) >= 11 is 0. The van der Waals surface area contributed by atoms with Crippen molar-refractivity contribution in [1.29, 1.82) is 0 Å². The van der Waals surface area contributed by atoms with Crippen LogP contribution in [0.2, 0.25) is 0 Å². The Hall–Kier alpha value is -2.44. The molecule has 1 aromatic carbocycles. The monoisotopic (exact) mass is 330 g/mol. The topological polar surface area (TPSA) is 91.7 Å². The largest absolute Gasteiger partial charge is 0.444 e. The van der Waals surface area contributed by atoms with Crippen molar-refractivity contribution in [3.63, 3.8) is 0 Å². The highest BCUT2D eigenvalue weighted by atomic mass is 16.6. The maximum absolute atomic E-state index is 12.1. The van der Waals surface area contributed by atoms with Crippen LogP contribution >= 0.6 is 0 Å². The minimum atomic E-state index is -0.630. The molecule has 0 aliphatic heterocycles. The van der Waals surface area contributed by atoms with Crippen LogP contribution < -0.4 is 5.32 Å². The standard InChI is InChI=1S/C18H22N2O4/c1-18(2,3)24-17(23)20-14-9-13(10-21)15(11-22)19-16(14)12-7-5-4-6-8-12/h4-9,21-22H,10-11H2,1-3H3,(H,20,23). The molecule has 1 heterocycles. The van der Waals surface area contributed by atoms with Gasteiger partial charge in [-0.05, 0) is 26.8 Å². The number of rotatable bonds is 4. The molecule has 128 valence electrons. The quantitative estimate of drug-likeness (QED) is 0.801. The molecular weight excluding hydrogens is 308 g/mol. The Balaban J connectivity index is 2.46. The summed E-state index contributed by atoms with van der Waals surface area (Å²) in [6.07, 6.45) is -0.609. The van der Waals surface area contributed by atoms with E-state index in [2.05, 4.69) is 10.3 Å². The van der Waals surface area contributed by atoms with Gasteiger partial charge in [0, 0.05) is 11.1 Å². The van der Waals surface area contributed by atoms with Gasteiger partial charge < -0.3 is 14.9 Å². The third-order valence-electron chi connectivity index (χ3n) is 3.19. The number of carbonyl (C=O) groups is 1. The van der Waals surface area contributed by atoms with E-state index in [1.807, 2.05) is 30.3 Å². The first-order valence-corrected chi connectivity index (χ1v) is 7.64. The first-order chi connectivity index (χ1) is 11.3. The smallest absolute Gasteiger partial charge is 0.412 e. The number of aliphatic hydroxyl groups excluding tert-OH is 2. The Kier molecular flexibility index (Phi) is 5.54. The number of benzene rings is 1. The number of aliphatic hydroxyl groups is 2. The summed E-state index contributed by atoms with van der Waals surface area (Å²) < 4.78 is 5.27. The predicted molar refractivity (Wildman–Crippen MR) is 91.4 cm³/mol. The Morgan fingerprint density at radius 1 is 1.17 bits per heavy atom. The minimum absolute atomic E-state index is 0.291. The summed E-state index contributed by atoms with van der Waals surface area (Å²) in [4.78, 5) is 16.5. The number of pyridine rings is 1. The molecule has 0 aliphatic rings. The highest BCUT2D eigenvalue weighted by molar-refractivity contribution is 5.90. The van der Waals surface area contributed by atoms with Gasteiger partial charge in [-0.15, -0.1) is 0 Å². The van der Waals surface area contributed by atoms with Crippen molar-refractivity contribution in [1.82, 2.24) is 4.98 Å². The molecule has 2 rings (SSSR count). The molecule has 3 N–H and O–H groups in total. The molecular formula is C18H22N2O4. The fourth-order valence-corrected chi connectivity index (χ4v) is 2.19. The zero-order valence-corrected chi connectivity index (χ0v) is 14.0. The fraction of sp³-hybridized carbons (Fsp3) is 0.333. The van der Waals surface area contributed by atoms with Gasteiger partial charge in [0.1, 0.15) is 5.60 Å². The maximum atomic E-state index is 12.1. The van der Waals surface area contributed by atoms with Gasteiger partial charge in [0.15, 0.2) is 0 Å². The molecule has 24 heavy (non-hydrogen) atoms. The van der Waals surface area contributed by atoms with E-state index in [0.717, 1.165) is 5.56 Å². The summed E-state index contributed by atoms with van der Waals surface area (Å²) in [5, 5.41) is 21.6. The van der Waals surface area contributed by atoms with Crippen molar-refractivity contribution in [3.05, 3.63) is 47.7 Å². The van der Waals surface area contributed by atoms with E-state index in [0.29, 0.717) is 22.6 Å². The first-order valence-electron chi connectivity index (χ1n) is 7.64. The van der Waals surface area contributed by atoms with Gasteiger partial charge in [-0.25, -0.2) is 9.78 Å². The highest BCUT2D eigenvalue weighted by Crippen LogP contribution is 2.29. The third-order valence-corrected chi connectivity index (χ3v) is 3.19. The van der Waals surface area contributed by atoms with Crippen LogP contribution in [0, 0.1) is 0 Å². The molecule has 0 bridgehead atoms. The van der Waals surface area contributed by atoms with Crippen molar-refractivity contribution in [2.24, 2.45) is 0 Å². The van der Waals surface area contributed by atoms with E-state index < -0.39 is 11.7 Å². The first kappa shape index (κ1) is 17.9. The van der Waals surface area contributed by atoms with E-state index in [1.54, 1.807) is 26.8 Å². The number of hydrogen-bond acceptors (Lipinski definition) is 5. The lowest BCUT2D eigenvalue weighted by Crippen LogP contribution is -2.27. The van der Waals surface area contributed by atoms with Crippen molar-refractivity contribution < 1.29 is 19.7 Å². The summed E-state index contributed by atoms with van der Waals surface area (Å²) in [5.74, 6) is 0. The lowest BCUT2D eigenvalue weighted by Gasteiger charge is -2.21. The molecule has 0 aliphatic carbocycles. The second kappa shape index (κ2) is 7.42. The van der Waals surface area contributed by atoms with Crippen molar-refractivity contribution in [2.45, 2.75) is 39.6 Å². The van der Waals surface area contributed by atoms with Crippen LogP contribution in [0.1, 0.15) is 32.0 Å². The molecule has 1 aromatic heterocycles. The Morgan fingerprint density at radius 2 is 1.83 bits per heavy atom. The van der Waals surface area contributed by atoms with Crippen LogP contribution in [0.4, 0.5) is 10.5 Å². The molecule has 2 aromatic rings. The van der Waals surface area contributed by atoms with E-state index in [4.69, 9.17) is 4.74 Å². The Bertz CT molecular complexity index is 709. The predicted octanol–water partition coefficient (Wildman–Crippen LogP) is 3.08. The molecule has 0 fully saturated rings. The van der Waals surface area contributed by atoms with Gasteiger partial charge in [0.25, 0.3) is 0 Å². The number of nitrogens with one attached hydrogen (secondary N) is 1. The van der Waals surface area contributed by atoms with Crippen LogP contribution in [0.25, 0.3) is 11.3 Å². The minimum Gasteiger partial charge on any atom is -0.444 e. The number of amides is 1. The van der Waals surface area contributed by atoms with E-state index in [-0.39, 0.29) is 13.2 Å². The fourth-order valence-electron chi connectivity index (χ4n) is 2.19. The molecule has 0 atom stereocenters. The van der Waals surface area contributed by atoms with Crippen LogP contribution in [0.5, 0.6) is 0 Å². The van der Waals surface area contributed by atoms with Crippen LogP contribution in [-0.4, -0.2) is 26.9 Å². The van der Waals surface area contributed by atoms with Crippen LogP contribution in [0.15, 0.2) is 36.4 Å². The summed E-state index contributed by atoms with van der Waals surface area (Å²) in [6.45, 7) is 4.73. The number of hydrogen-bond donors (Lipinski definition) is 3. The normalized spacial score (nSPS) is 11.2. The molecule has 6 nitrogen and oxygen atoms in total. The number of ether oxygens (including phenoxy) is 1. The Labute approximate surface area is 141 Å². The van der Waals surface area contributed by atoms with Gasteiger partial charge >= 0.3 is 6.09 Å². The number of anilines is 1. The SMILES string of the molecule is CC(C)(C)OC(=O)Nc1cc(CO)c(CO)nc1-c1ccccc1. The highest BCUT2D eigenvalue weighted by Gasteiger charge is 2.19. The second-order valence-corrected chi connectivity index (χ2v) is 6.30. The second-order valence-electron chi connectivity index (χ2n) is 6.30. The summed E-state index contributed by atoms with van der Waals surface area (Å²) in [7, 11) is 0. The van der Waals surface area contributed by atoms with Crippen molar-refractivity contribution >= 4 is 11.8 Å². The number of aromatic nitrogens is 1. The average molecular weight is 330 g/mol. The average Bonchev–Trinajstić information content (AvgIpc) is 2.53. The van der Waals surface area contributed by atoms with E-state index >= 15 is 0 Å². The lowest BCUT2D eigenvalue weighted by atomic mass is 10.1. The van der Waals surface area contributed by atoms with Crippen molar-refractivity contribution in [3.8, 4) is 11.3 Å². The summed E-state index contributed by atoms with van der Waals surface area (Å²) in [6, 6.07) is 10.9. The number of carbonyl (C=O) groups excluding carboxylic acids is 1. The lowest BCUT2D eigenvalue weighted by molar-refractivity contribution is 0.0636. The molecule has 0 spiro atoms. The van der Waals surface area contributed by atoms with Crippen LogP contribution in [0.3, 0.4) is 0 Å². The van der Waals surface area contributed by atoms with Gasteiger partial charge in [-0.3, -0.25) is 5.32 Å². The molecule has 1 amide bonds. The molecule has 0 saturated heterocycles. The molecule has 0 unspecified atom stereocenters. The van der Waals surface area contributed by atoms with Crippen molar-refractivity contribution in [2.75, 3.05) is 5.32 Å². The molecule has 0 radical (unpaired) electrons. The third kappa shape index (κ3) is 4.53. The zero-order chi connectivity index (χ0) is 17.7. The Morgan fingerprint density at radius 3 is 2.38 bits per heavy atom. The number of nitrogens with zero attached hydrogens (tertiary/aromatic N) is 1. The van der Waals surface area contributed by atoms with Gasteiger partial charge in [-0.1, -0.05) is 30.3 Å². The molecule has 6 heteroatoms. The summed E-state index contributed by atoms with van der Waals surface area (Å²) in [5.41, 5.74) is 1.88. The van der Waals surface area contributed by atoms with E-state index in [1.165, 1.54) is 0 Å². The molecule has 0 saturated carbocycles. The zero-order valence-electron chi connectivity index (χ0n) is 14.0. The van der Waals surface area contributed by atoms with Crippen LogP contribution in [-0.2, 0) is 18.0 Å². The van der Waals surface area contributed by atoms with E-state index in [9.17, 15) is 15.0 Å². The van der Waals surface area contributed by atoms with Gasteiger partial charge in [0.05, 0.1) is 30.3 Å². The van der Waals surface area contributed by atoms with Gasteiger partial charge in [-0.2, -0.15) is 0 Å². The van der Waals surface area contributed by atoms with Gasteiger partial charge in [0.2, 0.25) is 0 Å². The maximum Gasteiger partial charge on any atom is 0.412 e.